The Kier molecular flexibility index (Phi) is 2.91. The Hall–Kier alpha value is -2.36. The van der Waals surface area contributed by atoms with Crippen molar-refractivity contribution in [3.8, 4) is 0 Å². The Balaban J connectivity index is 2.19. The highest BCUT2D eigenvalue weighted by Crippen LogP contribution is 2.23. The van der Waals surface area contributed by atoms with Gasteiger partial charge in [0.25, 0.3) is 0 Å². The molecule has 0 bridgehead atoms. The van der Waals surface area contributed by atoms with Crippen molar-refractivity contribution in [2.24, 2.45) is 9.98 Å². The molecule has 19 heavy (non-hydrogen) atoms. The number of rotatable bonds is 1. The number of aryl methyl sites for hydroxylation is 1. The lowest BCUT2D eigenvalue weighted by atomic mass is 10.0. The Bertz CT molecular complexity index is 651. The molecule has 0 unspecified atom stereocenters. The van der Waals surface area contributed by atoms with Gasteiger partial charge in [0.15, 0.2) is 0 Å². The van der Waals surface area contributed by atoms with Crippen LogP contribution in [-0.4, -0.2) is 30.1 Å². The number of nitrogens with zero attached hydrogens (tertiary/aromatic N) is 2. The van der Waals surface area contributed by atoms with Crippen LogP contribution in [0.15, 0.2) is 46.5 Å². The highest BCUT2D eigenvalue weighted by Gasteiger charge is 2.17. The molecule has 2 N–H and O–H groups in total. The average molecular weight is 252 g/mol. The molecule has 0 aliphatic carbocycles. The predicted octanol–water partition coefficient (Wildman–Crippen LogP) is 2.61. The van der Waals surface area contributed by atoms with Gasteiger partial charge in [0.05, 0.1) is 18.0 Å². The zero-order valence-corrected chi connectivity index (χ0v) is 11.1. The van der Waals surface area contributed by atoms with E-state index < -0.39 is 0 Å². The third-order valence-electron chi connectivity index (χ3n) is 3.22. The number of hydrogen-bond acceptors (Lipinski definition) is 2. The van der Waals surface area contributed by atoms with Crippen LogP contribution in [0.4, 0.5) is 5.69 Å². The Morgan fingerprint density at radius 3 is 2.89 bits per heavy atom. The molecule has 0 saturated heterocycles. The number of amidine groups is 1. The van der Waals surface area contributed by atoms with Crippen LogP contribution in [0.2, 0.25) is 0 Å². The van der Waals surface area contributed by atoms with E-state index in [0.717, 1.165) is 28.5 Å². The van der Waals surface area contributed by atoms with Crippen molar-refractivity contribution >= 4 is 17.2 Å². The van der Waals surface area contributed by atoms with Crippen LogP contribution in [0.3, 0.4) is 0 Å². The summed E-state index contributed by atoms with van der Waals surface area (Å²) in [6.45, 7) is 2.66. The molecule has 1 aliphatic rings. The molecule has 3 rings (SSSR count). The van der Waals surface area contributed by atoms with E-state index in [4.69, 9.17) is 4.99 Å². The zero-order valence-electron chi connectivity index (χ0n) is 11.1. The van der Waals surface area contributed by atoms with E-state index in [9.17, 15) is 0 Å². The molecule has 0 atom stereocenters. The van der Waals surface area contributed by atoms with Gasteiger partial charge >= 0.3 is 0 Å². The van der Waals surface area contributed by atoms with Crippen molar-refractivity contribution in [2.75, 3.05) is 18.9 Å². The molecular formula is C15H16N4. The first-order chi connectivity index (χ1) is 9.28. The Labute approximate surface area is 112 Å². The van der Waals surface area contributed by atoms with Crippen LogP contribution < -0.4 is 5.32 Å². The van der Waals surface area contributed by atoms with Gasteiger partial charge in [0.2, 0.25) is 0 Å². The minimum absolute atomic E-state index is 0.568. The summed E-state index contributed by atoms with van der Waals surface area (Å²) in [6.07, 6.45) is 1.92. The third kappa shape index (κ3) is 2.17. The lowest BCUT2D eigenvalue weighted by Gasteiger charge is -2.10. The molecule has 2 aromatic rings. The second kappa shape index (κ2) is 4.72. The lowest BCUT2D eigenvalue weighted by molar-refractivity contribution is 1.24. The first-order valence-corrected chi connectivity index (χ1v) is 6.30. The van der Waals surface area contributed by atoms with Gasteiger partial charge in [0.1, 0.15) is 5.84 Å². The molecule has 0 amide bonds. The summed E-state index contributed by atoms with van der Waals surface area (Å²) in [4.78, 5) is 12.2. The highest BCUT2D eigenvalue weighted by molar-refractivity contribution is 6.19. The smallest absolute Gasteiger partial charge is 0.122 e. The topological polar surface area (TPSA) is 52.5 Å². The minimum atomic E-state index is 0.568. The van der Waals surface area contributed by atoms with Gasteiger partial charge in [0, 0.05) is 24.5 Å². The predicted molar refractivity (Wildman–Crippen MR) is 79.5 cm³/mol. The SMILES string of the molecule is CN=C1CN=C(c2ccc[nH]2)c2cc(C)ccc2N1. The summed E-state index contributed by atoms with van der Waals surface area (Å²) in [5, 5.41) is 3.35. The maximum absolute atomic E-state index is 4.69. The molecule has 0 saturated carbocycles. The molecule has 1 aromatic carbocycles. The van der Waals surface area contributed by atoms with Crippen LogP contribution in [0.5, 0.6) is 0 Å². The van der Waals surface area contributed by atoms with Crippen molar-refractivity contribution < 1.29 is 0 Å². The minimum Gasteiger partial charge on any atom is -0.360 e. The number of aromatic amines is 1. The summed E-state index contributed by atoms with van der Waals surface area (Å²) in [5.74, 6) is 0.881. The number of nitrogens with one attached hydrogen (secondary N) is 2. The molecule has 0 fully saturated rings. The van der Waals surface area contributed by atoms with Crippen LogP contribution >= 0.6 is 0 Å². The van der Waals surface area contributed by atoms with Gasteiger partial charge in [-0.2, -0.15) is 0 Å². The van der Waals surface area contributed by atoms with Gasteiger partial charge in [-0.25, -0.2) is 0 Å². The third-order valence-corrected chi connectivity index (χ3v) is 3.22. The van der Waals surface area contributed by atoms with E-state index in [1.54, 1.807) is 7.05 Å². The number of aromatic nitrogens is 1. The van der Waals surface area contributed by atoms with E-state index >= 15 is 0 Å². The standard InChI is InChI=1S/C15H16N4/c1-10-5-6-12-11(8-10)15(13-4-3-7-17-13)18-9-14(16-2)19-12/h3-8,17H,9H2,1-2H3,(H,16,19). The molecule has 4 nitrogen and oxygen atoms in total. The molecule has 2 heterocycles. The van der Waals surface area contributed by atoms with Crippen molar-refractivity contribution in [3.63, 3.8) is 0 Å². The monoisotopic (exact) mass is 252 g/mol. The van der Waals surface area contributed by atoms with Gasteiger partial charge in [-0.1, -0.05) is 11.6 Å². The summed E-state index contributed by atoms with van der Waals surface area (Å²) < 4.78 is 0. The van der Waals surface area contributed by atoms with E-state index in [-0.39, 0.29) is 0 Å². The summed E-state index contributed by atoms with van der Waals surface area (Å²) >= 11 is 0. The Morgan fingerprint density at radius 2 is 2.16 bits per heavy atom. The largest absolute Gasteiger partial charge is 0.360 e. The number of anilines is 1. The number of hydrogen-bond donors (Lipinski definition) is 2. The molecular weight excluding hydrogens is 236 g/mol. The fourth-order valence-electron chi connectivity index (χ4n) is 2.23. The number of fused-ring (bicyclic) bond motifs is 1. The second-order valence-electron chi connectivity index (χ2n) is 4.59. The molecule has 1 aliphatic heterocycles. The van der Waals surface area contributed by atoms with Crippen molar-refractivity contribution in [3.05, 3.63) is 53.3 Å². The van der Waals surface area contributed by atoms with Gasteiger partial charge in [-0.05, 0) is 31.2 Å². The maximum atomic E-state index is 4.69. The first kappa shape index (κ1) is 11.7. The summed E-state index contributed by atoms with van der Waals surface area (Å²) in [7, 11) is 1.78. The van der Waals surface area contributed by atoms with E-state index in [0.29, 0.717) is 6.54 Å². The van der Waals surface area contributed by atoms with Crippen molar-refractivity contribution in [2.45, 2.75) is 6.92 Å². The molecule has 96 valence electrons. The highest BCUT2D eigenvalue weighted by atomic mass is 15.0. The molecule has 0 radical (unpaired) electrons. The maximum Gasteiger partial charge on any atom is 0.122 e. The molecule has 4 heteroatoms. The quantitative estimate of drug-likeness (QED) is 0.805. The fraction of sp³-hybridized carbons (Fsp3) is 0.200. The van der Waals surface area contributed by atoms with Gasteiger partial charge in [-0.15, -0.1) is 0 Å². The van der Waals surface area contributed by atoms with E-state index in [1.165, 1.54) is 5.56 Å². The average Bonchev–Trinajstić information content (AvgIpc) is 2.87. The number of aliphatic imine (C=N–C) groups is 2. The molecule has 0 spiro atoms. The van der Waals surface area contributed by atoms with E-state index in [1.807, 2.05) is 18.3 Å². The van der Waals surface area contributed by atoms with Gasteiger partial charge in [-0.3, -0.25) is 9.98 Å². The Morgan fingerprint density at radius 1 is 1.26 bits per heavy atom. The molecule has 1 aromatic heterocycles. The van der Waals surface area contributed by atoms with Crippen molar-refractivity contribution in [1.29, 1.82) is 0 Å². The first-order valence-electron chi connectivity index (χ1n) is 6.30. The van der Waals surface area contributed by atoms with Crippen LogP contribution in [0.1, 0.15) is 16.8 Å². The van der Waals surface area contributed by atoms with Crippen LogP contribution in [0, 0.1) is 6.92 Å². The van der Waals surface area contributed by atoms with Crippen LogP contribution in [0.25, 0.3) is 0 Å². The second-order valence-corrected chi connectivity index (χ2v) is 4.59. The van der Waals surface area contributed by atoms with Crippen molar-refractivity contribution in [1.82, 2.24) is 4.98 Å². The number of H-pyrrole nitrogens is 1. The fourth-order valence-corrected chi connectivity index (χ4v) is 2.23. The van der Waals surface area contributed by atoms with E-state index in [2.05, 4.69) is 40.4 Å². The lowest BCUT2D eigenvalue weighted by Crippen LogP contribution is -2.14. The summed E-state index contributed by atoms with van der Waals surface area (Å²) in [5.41, 5.74) is 5.40. The number of benzene rings is 1. The summed E-state index contributed by atoms with van der Waals surface area (Å²) in [6, 6.07) is 10.4. The zero-order chi connectivity index (χ0) is 13.2. The normalized spacial score (nSPS) is 16.5. The van der Waals surface area contributed by atoms with Gasteiger partial charge < -0.3 is 10.3 Å². The van der Waals surface area contributed by atoms with Crippen LogP contribution in [-0.2, 0) is 0 Å². The number of benzodiazepines with no additional fused rings is 1.